The van der Waals surface area contributed by atoms with Crippen LogP contribution in [0.2, 0.25) is 0 Å². The summed E-state index contributed by atoms with van der Waals surface area (Å²) in [6.45, 7) is 3.97. The van der Waals surface area contributed by atoms with Crippen LogP contribution in [0.1, 0.15) is 25.8 Å². The Balaban J connectivity index is 2.42. The fourth-order valence-electron chi connectivity index (χ4n) is 1.70. The average molecular weight is 187 g/mol. The largest absolute Gasteiger partial charge is 0.292 e. The van der Waals surface area contributed by atoms with Crippen molar-refractivity contribution in [2.75, 3.05) is 0 Å². The molecule has 0 spiro atoms. The molecule has 1 aliphatic rings. The normalized spacial score (nSPS) is 19.6. The summed E-state index contributed by atoms with van der Waals surface area (Å²) in [5.41, 5.74) is 1.35. The number of aliphatic imine (C=N–C) groups is 1. The minimum atomic E-state index is -0.220. The monoisotopic (exact) mass is 187 g/mol. The molecule has 0 aliphatic carbocycles. The maximum absolute atomic E-state index is 11.7. The fraction of sp³-hybridized carbons (Fsp3) is 0.333. The van der Waals surface area contributed by atoms with Crippen LogP contribution in [0.3, 0.4) is 0 Å². The lowest BCUT2D eigenvalue weighted by Crippen LogP contribution is -2.14. The van der Waals surface area contributed by atoms with E-state index in [2.05, 4.69) is 4.99 Å². The van der Waals surface area contributed by atoms with Crippen LogP contribution in [-0.2, 0) is 4.79 Å². The number of nitrogens with zero attached hydrogens (tertiary/aromatic N) is 1. The van der Waals surface area contributed by atoms with Gasteiger partial charge < -0.3 is 0 Å². The highest BCUT2D eigenvalue weighted by Crippen LogP contribution is 2.24. The zero-order valence-corrected chi connectivity index (χ0v) is 8.45. The van der Waals surface area contributed by atoms with Crippen molar-refractivity contribution in [3.8, 4) is 0 Å². The second-order valence-electron chi connectivity index (χ2n) is 4.24. The summed E-state index contributed by atoms with van der Waals surface area (Å²) in [6, 6.07) is 9.65. The van der Waals surface area contributed by atoms with Crippen LogP contribution in [0.4, 0.5) is 0 Å². The molecule has 0 aromatic heterocycles. The van der Waals surface area contributed by atoms with Crippen LogP contribution in [0.25, 0.3) is 0 Å². The topological polar surface area (TPSA) is 29.4 Å². The molecule has 2 nitrogen and oxygen atoms in total. The van der Waals surface area contributed by atoms with Crippen LogP contribution in [0.15, 0.2) is 35.3 Å². The van der Waals surface area contributed by atoms with E-state index in [0.29, 0.717) is 12.1 Å². The molecule has 2 heteroatoms. The number of carbonyl (C=O) groups excluding carboxylic acids is 1. The Hall–Kier alpha value is -1.44. The van der Waals surface area contributed by atoms with E-state index in [1.807, 2.05) is 44.2 Å². The van der Waals surface area contributed by atoms with E-state index in [1.54, 1.807) is 0 Å². The number of rotatable bonds is 1. The number of Topliss-reactive ketones (excluding diaryl/α,β-unsaturated/α-hetero) is 1. The van der Waals surface area contributed by atoms with Crippen molar-refractivity contribution in [1.29, 1.82) is 0 Å². The molecule has 0 saturated heterocycles. The second-order valence-corrected chi connectivity index (χ2v) is 4.24. The predicted octanol–water partition coefficient (Wildman–Crippen LogP) is 2.23. The average Bonchev–Trinajstić information content (AvgIpc) is 2.41. The Morgan fingerprint density at radius 3 is 2.36 bits per heavy atom. The SMILES string of the molecule is CC1(C)CC(=O)C(c2ccccc2)=N1. The summed E-state index contributed by atoms with van der Waals surface area (Å²) < 4.78 is 0. The molecule has 1 aromatic rings. The van der Waals surface area contributed by atoms with Gasteiger partial charge in [0, 0.05) is 12.0 Å². The molecule has 14 heavy (non-hydrogen) atoms. The second kappa shape index (κ2) is 3.05. The van der Waals surface area contributed by atoms with E-state index in [0.717, 1.165) is 5.56 Å². The molecule has 0 radical (unpaired) electrons. The lowest BCUT2D eigenvalue weighted by atomic mass is 10.0. The molecular weight excluding hydrogens is 174 g/mol. The molecular formula is C12H13NO. The molecule has 1 heterocycles. The third-order valence-electron chi connectivity index (χ3n) is 2.32. The minimum Gasteiger partial charge on any atom is -0.292 e. The summed E-state index contributed by atoms with van der Waals surface area (Å²) in [4.78, 5) is 16.1. The van der Waals surface area contributed by atoms with Gasteiger partial charge in [-0.2, -0.15) is 0 Å². The van der Waals surface area contributed by atoms with Crippen molar-refractivity contribution in [2.45, 2.75) is 25.8 Å². The van der Waals surface area contributed by atoms with Gasteiger partial charge in [0.05, 0.1) is 5.54 Å². The predicted molar refractivity (Wildman–Crippen MR) is 56.7 cm³/mol. The van der Waals surface area contributed by atoms with Gasteiger partial charge in [-0.1, -0.05) is 30.3 Å². The maximum atomic E-state index is 11.7. The van der Waals surface area contributed by atoms with Gasteiger partial charge in [0.15, 0.2) is 5.78 Å². The van der Waals surface area contributed by atoms with Gasteiger partial charge in [-0.05, 0) is 13.8 Å². The molecule has 1 aliphatic heterocycles. The van der Waals surface area contributed by atoms with Crippen molar-refractivity contribution in [3.05, 3.63) is 35.9 Å². The molecule has 0 atom stereocenters. The van der Waals surface area contributed by atoms with Crippen LogP contribution < -0.4 is 0 Å². The van der Waals surface area contributed by atoms with E-state index in [9.17, 15) is 4.79 Å². The van der Waals surface area contributed by atoms with Crippen LogP contribution >= 0.6 is 0 Å². The number of benzene rings is 1. The van der Waals surface area contributed by atoms with Crippen molar-refractivity contribution >= 4 is 11.5 Å². The Kier molecular flexibility index (Phi) is 1.99. The van der Waals surface area contributed by atoms with Gasteiger partial charge in [-0.15, -0.1) is 0 Å². The van der Waals surface area contributed by atoms with E-state index in [4.69, 9.17) is 0 Å². The number of hydrogen-bond donors (Lipinski definition) is 0. The highest BCUT2D eigenvalue weighted by Gasteiger charge is 2.32. The van der Waals surface area contributed by atoms with E-state index >= 15 is 0 Å². The van der Waals surface area contributed by atoms with Crippen LogP contribution in [0, 0.1) is 0 Å². The number of carbonyl (C=O) groups is 1. The van der Waals surface area contributed by atoms with Gasteiger partial charge in [0.25, 0.3) is 0 Å². The first-order chi connectivity index (χ1) is 6.58. The lowest BCUT2D eigenvalue weighted by molar-refractivity contribution is -0.112. The molecule has 0 N–H and O–H groups in total. The smallest absolute Gasteiger partial charge is 0.183 e. The zero-order valence-electron chi connectivity index (χ0n) is 8.45. The van der Waals surface area contributed by atoms with Crippen molar-refractivity contribution in [1.82, 2.24) is 0 Å². The van der Waals surface area contributed by atoms with Gasteiger partial charge in [-0.25, -0.2) is 0 Å². The highest BCUT2D eigenvalue weighted by atomic mass is 16.1. The van der Waals surface area contributed by atoms with Crippen molar-refractivity contribution in [2.24, 2.45) is 4.99 Å². The summed E-state index contributed by atoms with van der Waals surface area (Å²) in [6.07, 6.45) is 0.525. The van der Waals surface area contributed by atoms with Crippen molar-refractivity contribution < 1.29 is 4.79 Å². The first-order valence-electron chi connectivity index (χ1n) is 4.77. The lowest BCUT2D eigenvalue weighted by Gasteiger charge is -2.09. The zero-order chi connectivity index (χ0) is 10.2. The van der Waals surface area contributed by atoms with Gasteiger partial charge in [0.2, 0.25) is 0 Å². The Morgan fingerprint density at radius 1 is 1.21 bits per heavy atom. The standard InChI is InChI=1S/C12H13NO/c1-12(2)8-10(14)11(13-12)9-6-4-3-5-7-9/h3-7H,8H2,1-2H3. The first kappa shape index (κ1) is 9.13. The van der Waals surface area contributed by atoms with Gasteiger partial charge in [0.1, 0.15) is 5.71 Å². The fourth-order valence-corrected chi connectivity index (χ4v) is 1.70. The number of ketones is 1. The summed E-state index contributed by atoms with van der Waals surface area (Å²) >= 11 is 0. The molecule has 2 rings (SSSR count). The summed E-state index contributed by atoms with van der Waals surface area (Å²) in [7, 11) is 0. The van der Waals surface area contributed by atoms with Crippen LogP contribution in [-0.4, -0.2) is 17.0 Å². The Labute approximate surface area is 83.7 Å². The quantitative estimate of drug-likeness (QED) is 0.663. The molecule has 1 aromatic carbocycles. The molecule has 0 saturated carbocycles. The third kappa shape index (κ3) is 1.60. The third-order valence-corrected chi connectivity index (χ3v) is 2.32. The Morgan fingerprint density at radius 2 is 1.86 bits per heavy atom. The molecule has 0 bridgehead atoms. The first-order valence-corrected chi connectivity index (χ1v) is 4.77. The summed E-state index contributed by atoms with van der Waals surface area (Å²) in [5, 5.41) is 0. The van der Waals surface area contributed by atoms with E-state index in [-0.39, 0.29) is 11.3 Å². The maximum Gasteiger partial charge on any atom is 0.183 e. The molecule has 0 unspecified atom stereocenters. The van der Waals surface area contributed by atoms with E-state index in [1.165, 1.54) is 0 Å². The molecule has 0 fully saturated rings. The summed E-state index contributed by atoms with van der Waals surface area (Å²) in [5.74, 6) is 0.154. The van der Waals surface area contributed by atoms with Gasteiger partial charge in [-0.3, -0.25) is 9.79 Å². The number of hydrogen-bond acceptors (Lipinski definition) is 2. The van der Waals surface area contributed by atoms with Crippen LogP contribution in [0.5, 0.6) is 0 Å². The molecule has 72 valence electrons. The highest BCUT2D eigenvalue weighted by molar-refractivity contribution is 6.47. The molecule has 0 amide bonds. The van der Waals surface area contributed by atoms with Crippen molar-refractivity contribution in [3.63, 3.8) is 0 Å². The van der Waals surface area contributed by atoms with E-state index < -0.39 is 0 Å². The minimum absolute atomic E-state index is 0.154. The van der Waals surface area contributed by atoms with Gasteiger partial charge >= 0.3 is 0 Å². The Bertz CT molecular complexity index is 390.